The Hall–Kier alpha value is -1.43. The minimum Gasteiger partial charge on any atom is -0.390 e. The Morgan fingerprint density at radius 2 is 1.96 bits per heavy atom. The maximum absolute atomic E-state index is 12.7. The molecule has 4 bridgehead atoms. The summed E-state index contributed by atoms with van der Waals surface area (Å²) in [5.74, 6) is 3.32. The zero-order valence-electron chi connectivity index (χ0n) is 15.5. The molecule has 2 atom stereocenters. The maximum Gasteiger partial charge on any atom is 0.220 e. The smallest absolute Gasteiger partial charge is 0.220 e. The molecule has 4 saturated carbocycles. The van der Waals surface area contributed by atoms with Gasteiger partial charge in [-0.05, 0) is 68.6 Å². The van der Waals surface area contributed by atoms with E-state index in [1.165, 1.54) is 19.3 Å². The molecule has 5 aliphatic rings. The number of rotatable bonds is 4. The van der Waals surface area contributed by atoms with Crippen LogP contribution in [0.25, 0.3) is 0 Å². The average molecular weight is 358 g/mol. The summed E-state index contributed by atoms with van der Waals surface area (Å²) in [6.45, 7) is 1.44. The summed E-state index contributed by atoms with van der Waals surface area (Å²) in [5, 5.41) is 22.6. The van der Waals surface area contributed by atoms with Crippen LogP contribution in [0.2, 0.25) is 0 Å². The van der Waals surface area contributed by atoms with Crippen molar-refractivity contribution in [3.8, 4) is 0 Å². The number of hydrogen-bond donors (Lipinski definition) is 2. The van der Waals surface area contributed by atoms with E-state index in [9.17, 15) is 9.90 Å². The molecule has 6 heteroatoms. The van der Waals surface area contributed by atoms with E-state index in [-0.39, 0.29) is 11.3 Å². The Kier molecular flexibility index (Phi) is 3.89. The number of aromatic nitrogens is 3. The van der Waals surface area contributed by atoms with Crippen molar-refractivity contribution >= 4 is 5.91 Å². The molecule has 2 heterocycles. The van der Waals surface area contributed by atoms with Crippen molar-refractivity contribution in [2.45, 2.75) is 89.3 Å². The zero-order valence-corrected chi connectivity index (χ0v) is 15.5. The summed E-state index contributed by atoms with van der Waals surface area (Å²) in [7, 11) is 0. The molecule has 2 N–H and O–H groups in total. The Bertz CT molecular complexity index is 699. The van der Waals surface area contributed by atoms with Crippen LogP contribution in [0.15, 0.2) is 0 Å². The van der Waals surface area contributed by atoms with E-state index in [2.05, 4.69) is 20.1 Å². The van der Waals surface area contributed by atoms with E-state index in [0.717, 1.165) is 63.1 Å². The van der Waals surface area contributed by atoms with Crippen LogP contribution in [0.3, 0.4) is 0 Å². The lowest BCUT2D eigenvalue weighted by atomic mass is 9.47. The minimum absolute atomic E-state index is 0.0324. The van der Waals surface area contributed by atoms with Gasteiger partial charge in [0.05, 0.1) is 12.1 Å². The standard InChI is InChI=1S/C20H30N4O2/c25-18(21-12-17-23-22-16-4-2-1-3-5-24(16)17)11-19-7-14-6-15(8-19)10-20(26,9-14)13-19/h14-15,26H,1-13H2,(H,21,25)/t14-,15-,19?,20?/m1/s1. The van der Waals surface area contributed by atoms with E-state index in [0.29, 0.717) is 24.8 Å². The highest BCUT2D eigenvalue weighted by atomic mass is 16.3. The van der Waals surface area contributed by atoms with Gasteiger partial charge in [-0.1, -0.05) is 6.42 Å². The van der Waals surface area contributed by atoms with E-state index in [4.69, 9.17) is 0 Å². The molecule has 1 amide bonds. The number of nitrogens with zero attached hydrogens (tertiary/aromatic N) is 3. The fourth-order valence-electron chi connectivity index (χ4n) is 6.87. The first-order valence-corrected chi connectivity index (χ1v) is 10.4. The number of carbonyl (C=O) groups excluding carboxylic acids is 1. The number of amides is 1. The molecule has 26 heavy (non-hydrogen) atoms. The molecule has 1 aromatic rings. The van der Waals surface area contributed by atoms with Gasteiger partial charge < -0.3 is 15.0 Å². The lowest BCUT2D eigenvalue weighted by molar-refractivity contribution is -0.169. The number of nitrogens with one attached hydrogen (secondary N) is 1. The summed E-state index contributed by atoms with van der Waals surface area (Å²) in [6, 6.07) is 0. The molecule has 0 aromatic carbocycles. The van der Waals surface area contributed by atoms with Crippen LogP contribution in [0.5, 0.6) is 0 Å². The monoisotopic (exact) mass is 358 g/mol. The Labute approximate surface area is 154 Å². The molecule has 4 aliphatic carbocycles. The van der Waals surface area contributed by atoms with E-state index >= 15 is 0 Å². The maximum atomic E-state index is 12.7. The second-order valence-corrected chi connectivity index (χ2v) is 9.63. The largest absolute Gasteiger partial charge is 0.390 e. The van der Waals surface area contributed by atoms with Crippen LogP contribution in [0.4, 0.5) is 0 Å². The number of hydrogen-bond acceptors (Lipinski definition) is 4. The topological polar surface area (TPSA) is 80.0 Å². The Balaban J connectivity index is 1.23. The average Bonchev–Trinajstić information content (AvgIpc) is 2.77. The van der Waals surface area contributed by atoms with Crippen LogP contribution < -0.4 is 5.32 Å². The summed E-state index contributed by atoms with van der Waals surface area (Å²) < 4.78 is 2.20. The summed E-state index contributed by atoms with van der Waals surface area (Å²) >= 11 is 0. The third kappa shape index (κ3) is 2.96. The summed E-state index contributed by atoms with van der Waals surface area (Å²) in [5.41, 5.74) is -0.459. The molecule has 0 unspecified atom stereocenters. The van der Waals surface area contributed by atoms with Crippen molar-refractivity contribution in [2.75, 3.05) is 0 Å². The molecule has 6 rings (SSSR count). The molecule has 1 aliphatic heterocycles. The first-order chi connectivity index (χ1) is 12.5. The van der Waals surface area contributed by atoms with Gasteiger partial charge in [0.15, 0.2) is 5.82 Å². The zero-order chi connectivity index (χ0) is 17.8. The Morgan fingerprint density at radius 3 is 2.73 bits per heavy atom. The van der Waals surface area contributed by atoms with Crippen LogP contribution >= 0.6 is 0 Å². The lowest BCUT2D eigenvalue weighted by Crippen LogP contribution is -2.56. The minimum atomic E-state index is -0.491. The van der Waals surface area contributed by atoms with Gasteiger partial charge in [0.1, 0.15) is 5.82 Å². The van der Waals surface area contributed by atoms with Gasteiger partial charge in [0, 0.05) is 19.4 Å². The van der Waals surface area contributed by atoms with Gasteiger partial charge in [0.2, 0.25) is 5.91 Å². The summed E-state index contributed by atoms with van der Waals surface area (Å²) in [6.07, 6.45) is 11.4. The molecule has 0 saturated heterocycles. The van der Waals surface area contributed by atoms with Gasteiger partial charge in [0.25, 0.3) is 0 Å². The normalized spacial score (nSPS) is 38.0. The fraction of sp³-hybridized carbons (Fsp3) is 0.850. The molecule has 0 spiro atoms. The van der Waals surface area contributed by atoms with Gasteiger partial charge in [-0.2, -0.15) is 0 Å². The highest BCUT2D eigenvalue weighted by Gasteiger charge is 2.57. The van der Waals surface area contributed by atoms with Gasteiger partial charge in [-0.25, -0.2) is 0 Å². The van der Waals surface area contributed by atoms with Crippen molar-refractivity contribution in [2.24, 2.45) is 17.3 Å². The van der Waals surface area contributed by atoms with Gasteiger partial charge in [-0.3, -0.25) is 4.79 Å². The first kappa shape index (κ1) is 16.7. The first-order valence-electron chi connectivity index (χ1n) is 10.4. The van der Waals surface area contributed by atoms with Crippen molar-refractivity contribution < 1.29 is 9.90 Å². The third-order valence-corrected chi connectivity index (χ3v) is 7.32. The highest BCUT2D eigenvalue weighted by molar-refractivity contribution is 5.76. The fourth-order valence-corrected chi connectivity index (χ4v) is 6.87. The van der Waals surface area contributed by atoms with E-state index < -0.39 is 5.60 Å². The van der Waals surface area contributed by atoms with Crippen molar-refractivity contribution in [1.29, 1.82) is 0 Å². The number of carbonyl (C=O) groups is 1. The van der Waals surface area contributed by atoms with E-state index in [1.54, 1.807) is 0 Å². The van der Waals surface area contributed by atoms with Crippen molar-refractivity contribution in [3.05, 3.63) is 11.6 Å². The molecular formula is C20H30N4O2. The third-order valence-electron chi connectivity index (χ3n) is 7.32. The predicted octanol–water partition coefficient (Wildman–Crippen LogP) is 2.34. The molecule has 142 valence electrons. The second-order valence-electron chi connectivity index (χ2n) is 9.63. The molecule has 0 radical (unpaired) electrons. The molecular weight excluding hydrogens is 328 g/mol. The molecule has 6 nitrogen and oxygen atoms in total. The van der Waals surface area contributed by atoms with Crippen LogP contribution in [0, 0.1) is 17.3 Å². The van der Waals surface area contributed by atoms with Gasteiger partial charge in [-0.15, -0.1) is 10.2 Å². The number of aliphatic hydroxyl groups is 1. The van der Waals surface area contributed by atoms with Crippen LogP contribution in [0.1, 0.15) is 75.9 Å². The van der Waals surface area contributed by atoms with E-state index in [1.807, 2.05) is 0 Å². The second kappa shape index (κ2) is 6.04. The van der Waals surface area contributed by atoms with Crippen LogP contribution in [-0.2, 0) is 24.3 Å². The lowest BCUT2D eigenvalue weighted by Gasteiger charge is -2.60. The van der Waals surface area contributed by atoms with Crippen molar-refractivity contribution in [1.82, 2.24) is 20.1 Å². The molecule has 4 fully saturated rings. The highest BCUT2D eigenvalue weighted by Crippen LogP contribution is 2.62. The van der Waals surface area contributed by atoms with Crippen molar-refractivity contribution in [3.63, 3.8) is 0 Å². The quantitative estimate of drug-likeness (QED) is 0.866. The van der Waals surface area contributed by atoms with Crippen LogP contribution in [-0.4, -0.2) is 31.4 Å². The summed E-state index contributed by atoms with van der Waals surface area (Å²) in [4.78, 5) is 12.7. The SMILES string of the molecule is O=C(CC12C[C@H]3C[C@@H](CC(O)(C3)C1)C2)NCc1nnc2n1CCCCC2. The number of fused-ring (bicyclic) bond motifs is 1. The molecule has 1 aromatic heterocycles. The Morgan fingerprint density at radius 1 is 1.15 bits per heavy atom. The number of aryl methyl sites for hydroxylation is 1. The van der Waals surface area contributed by atoms with Gasteiger partial charge >= 0.3 is 0 Å². The predicted molar refractivity (Wildman–Crippen MR) is 96.1 cm³/mol.